The van der Waals surface area contributed by atoms with Crippen LogP contribution in [0.5, 0.6) is 0 Å². The fourth-order valence-corrected chi connectivity index (χ4v) is 1.43. The number of ether oxygens (including phenoxy) is 2. The Kier molecular flexibility index (Phi) is 4.51. The summed E-state index contributed by atoms with van der Waals surface area (Å²) in [5.74, 6) is -1.00. The molecule has 0 aromatic carbocycles. The van der Waals surface area contributed by atoms with E-state index in [1.165, 1.54) is 0 Å². The second-order valence-corrected chi connectivity index (χ2v) is 3.35. The lowest BCUT2D eigenvalue weighted by Gasteiger charge is -1.99. The molecule has 0 amide bonds. The fourth-order valence-electron chi connectivity index (χ4n) is 0.790. The van der Waals surface area contributed by atoms with Crippen LogP contribution < -0.4 is 0 Å². The van der Waals surface area contributed by atoms with Gasteiger partial charge in [0.25, 0.3) is 0 Å². The number of carboxylic acid groups (broad SMARTS) is 1. The van der Waals surface area contributed by atoms with Crippen LogP contribution in [0, 0.1) is 0 Å². The molecule has 0 aliphatic heterocycles. The van der Waals surface area contributed by atoms with Gasteiger partial charge in [0, 0.05) is 12.5 Å². The first-order valence-electron chi connectivity index (χ1n) is 3.98. The summed E-state index contributed by atoms with van der Waals surface area (Å²) in [6.07, 6.45) is 0. The van der Waals surface area contributed by atoms with Gasteiger partial charge in [-0.1, -0.05) is 0 Å². The van der Waals surface area contributed by atoms with Crippen LogP contribution in [0.2, 0.25) is 0 Å². The lowest BCUT2D eigenvalue weighted by atomic mass is 10.5. The molecule has 0 aliphatic rings. The molecule has 0 spiro atoms. The van der Waals surface area contributed by atoms with E-state index in [0.717, 1.165) is 11.3 Å². The second-order valence-electron chi connectivity index (χ2n) is 2.49. The maximum atomic E-state index is 10.5. The zero-order valence-corrected chi connectivity index (χ0v) is 8.54. The maximum Gasteiger partial charge on any atom is 0.365 e. The van der Waals surface area contributed by atoms with E-state index in [9.17, 15) is 4.79 Å². The minimum absolute atomic E-state index is 0.0929. The highest BCUT2D eigenvalue weighted by Gasteiger charge is 2.08. The van der Waals surface area contributed by atoms with E-state index in [-0.39, 0.29) is 5.01 Å². The van der Waals surface area contributed by atoms with Crippen LogP contribution in [0.15, 0.2) is 5.38 Å². The lowest BCUT2D eigenvalue weighted by Crippen LogP contribution is -2.02. The minimum atomic E-state index is -1.00. The standard InChI is InChI=1S/C8H11NO4S/c1-12-2-3-13-4-6-5-14-7(9-6)8(10)11/h5H,2-4H2,1H3,(H,10,11). The third-order valence-corrected chi connectivity index (χ3v) is 2.30. The summed E-state index contributed by atoms with van der Waals surface area (Å²) in [6.45, 7) is 1.33. The molecule has 0 fully saturated rings. The van der Waals surface area contributed by atoms with Crippen molar-refractivity contribution in [2.75, 3.05) is 20.3 Å². The predicted molar refractivity (Wildman–Crippen MR) is 50.6 cm³/mol. The van der Waals surface area contributed by atoms with Crippen LogP contribution in [0.25, 0.3) is 0 Å². The Balaban J connectivity index is 2.33. The number of nitrogens with zero attached hydrogens (tertiary/aromatic N) is 1. The van der Waals surface area contributed by atoms with Crippen molar-refractivity contribution in [2.45, 2.75) is 6.61 Å². The summed E-state index contributed by atoms with van der Waals surface area (Å²) >= 11 is 1.10. The molecule has 0 aliphatic carbocycles. The fraction of sp³-hybridized carbons (Fsp3) is 0.500. The number of methoxy groups -OCH3 is 1. The molecule has 0 saturated carbocycles. The molecule has 1 aromatic heterocycles. The van der Waals surface area contributed by atoms with Gasteiger partial charge in [-0.05, 0) is 0 Å². The van der Waals surface area contributed by atoms with E-state index in [0.29, 0.717) is 25.5 Å². The second kappa shape index (κ2) is 5.69. The summed E-state index contributed by atoms with van der Waals surface area (Å²) in [7, 11) is 1.59. The Morgan fingerprint density at radius 3 is 3.00 bits per heavy atom. The van der Waals surface area contributed by atoms with E-state index >= 15 is 0 Å². The monoisotopic (exact) mass is 217 g/mol. The molecule has 14 heavy (non-hydrogen) atoms. The van der Waals surface area contributed by atoms with E-state index in [2.05, 4.69) is 4.98 Å². The van der Waals surface area contributed by atoms with Crippen molar-refractivity contribution >= 4 is 17.3 Å². The summed E-state index contributed by atoms with van der Waals surface area (Å²) in [6, 6.07) is 0. The summed E-state index contributed by atoms with van der Waals surface area (Å²) in [5.41, 5.74) is 0.642. The van der Waals surface area contributed by atoms with Gasteiger partial charge in [0.15, 0.2) is 0 Å². The third-order valence-electron chi connectivity index (χ3n) is 1.42. The third kappa shape index (κ3) is 3.41. The number of hydrogen-bond donors (Lipinski definition) is 1. The minimum Gasteiger partial charge on any atom is -0.476 e. The van der Waals surface area contributed by atoms with Gasteiger partial charge in [0.05, 0.1) is 25.5 Å². The highest BCUT2D eigenvalue weighted by Crippen LogP contribution is 2.10. The molecule has 1 aromatic rings. The summed E-state index contributed by atoms with van der Waals surface area (Å²) in [5, 5.41) is 10.4. The molecule has 0 unspecified atom stereocenters. The van der Waals surface area contributed by atoms with Crippen molar-refractivity contribution in [3.05, 3.63) is 16.1 Å². The molecular weight excluding hydrogens is 206 g/mol. The van der Waals surface area contributed by atoms with Crippen LogP contribution in [0.3, 0.4) is 0 Å². The lowest BCUT2D eigenvalue weighted by molar-refractivity contribution is 0.0600. The van der Waals surface area contributed by atoms with Crippen molar-refractivity contribution in [2.24, 2.45) is 0 Å². The molecule has 1 N–H and O–H groups in total. The van der Waals surface area contributed by atoms with Crippen molar-refractivity contribution in [1.82, 2.24) is 4.98 Å². The zero-order valence-electron chi connectivity index (χ0n) is 7.73. The number of rotatable bonds is 6. The Morgan fingerprint density at radius 2 is 2.43 bits per heavy atom. The summed E-state index contributed by atoms with van der Waals surface area (Å²) in [4.78, 5) is 14.3. The van der Waals surface area contributed by atoms with Crippen LogP contribution in [-0.2, 0) is 16.1 Å². The number of hydrogen-bond acceptors (Lipinski definition) is 5. The molecule has 0 radical (unpaired) electrons. The van der Waals surface area contributed by atoms with Crippen molar-refractivity contribution in [3.8, 4) is 0 Å². The normalized spacial score (nSPS) is 10.4. The Bertz CT molecular complexity index is 299. The van der Waals surface area contributed by atoms with Gasteiger partial charge in [-0.2, -0.15) is 0 Å². The molecule has 0 atom stereocenters. The maximum absolute atomic E-state index is 10.5. The summed E-state index contributed by atoms with van der Waals surface area (Å²) < 4.78 is 9.97. The number of aromatic carboxylic acids is 1. The predicted octanol–water partition coefficient (Wildman–Crippen LogP) is 1.00. The van der Waals surface area contributed by atoms with Gasteiger partial charge in [-0.3, -0.25) is 0 Å². The topological polar surface area (TPSA) is 68.7 Å². The quantitative estimate of drug-likeness (QED) is 0.720. The molecule has 1 heterocycles. The van der Waals surface area contributed by atoms with E-state index < -0.39 is 5.97 Å². The average Bonchev–Trinajstić information content (AvgIpc) is 2.61. The molecular formula is C8H11NO4S. The molecule has 78 valence electrons. The largest absolute Gasteiger partial charge is 0.476 e. The molecule has 0 bridgehead atoms. The van der Waals surface area contributed by atoms with Crippen LogP contribution in [0.1, 0.15) is 15.5 Å². The molecule has 6 heteroatoms. The first-order chi connectivity index (χ1) is 6.74. The number of carboxylic acids is 1. The van der Waals surface area contributed by atoms with Gasteiger partial charge >= 0.3 is 5.97 Å². The van der Waals surface area contributed by atoms with E-state index in [1.807, 2.05) is 0 Å². The van der Waals surface area contributed by atoms with Gasteiger partial charge < -0.3 is 14.6 Å². The van der Waals surface area contributed by atoms with E-state index in [4.69, 9.17) is 14.6 Å². The van der Waals surface area contributed by atoms with Gasteiger partial charge in [-0.15, -0.1) is 11.3 Å². The highest BCUT2D eigenvalue weighted by atomic mass is 32.1. The van der Waals surface area contributed by atoms with Crippen LogP contribution >= 0.6 is 11.3 Å². The molecule has 5 nitrogen and oxygen atoms in total. The molecule has 0 saturated heterocycles. The van der Waals surface area contributed by atoms with Gasteiger partial charge in [-0.25, -0.2) is 9.78 Å². The van der Waals surface area contributed by atoms with Crippen molar-refractivity contribution < 1.29 is 19.4 Å². The SMILES string of the molecule is COCCOCc1csc(C(=O)O)n1. The number of carbonyl (C=O) groups is 1. The average molecular weight is 217 g/mol. The van der Waals surface area contributed by atoms with Crippen molar-refractivity contribution in [1.29, 1.82) is 0 Å². The Labute approximate surface area is 85.3 Å². The first kappa shape index (κ1) is 11.1. The highest BCUT2D eigenvalue weighted by molar-refractivity contribution is 7.11. The van der Waals surface area contributed by atoms with Crippen LogP contribution in [0.4, 0.5) is 0 Å². The van der Waals surface area contributed by atoms with Crippen molar-refractivity contribution in [3.63, 3.8) is 0 Å². The number of thiazole rings is 1. The Hall–Kier alpha value is -0.980. The smallest absolute Gasteiger partial charge is 0.365 e. The van der Waals surface area contributed by atoms with Gasteiger partial charge in [0.1, 0.15) is 0 Å². The van der Waals surface area contributed by atoms with Gasteiger partial charge in [0.2, 0.25) is 5.01 Å². The Morgan fingerprint density at radius 1 is 1.64 bits per heavy atom. The number of aromatic nitrogens is 1. The zero-order chi connectivity index (χ0) is 10.4. The first-order valence-corrected chi connectivity index (χ1v) is 4.86. The molecule has 1 rings (SSSR count). The van der Waals surface area contributed by atoms with Crippen LogP contribution in [-0.4, -0.2) is 36.4 Å². The van der Waals surface area contributed by atoms with E-state index in [1.54, 1.807) is 12.5 Å².